The van der Waals surface area contributed by atoms with Crippen LogP contribution in [0.25, 0.3) is 0 Å². The van der Waals surface area contributed by atoms with Crippen molar-refractivity contribution in [3.05, 3.63) is 39.6 Å². The lowest BCUT2D eigenvalue weighted by Crippen LogP contribution is -2.42. The standard InChI is InChI=1S/C23H30N4O8S3/c1-5-15(17-10-7-12(3)33-17)25-21-18(20(37(29,30)26-21)22-34-13(4)35-22)24-16-11-36-23(19(16)28)38(31,32)27(6-2)14-8-9-14/h7,10-11,13-15,22,24,28H,5-6,8-9H2,1-4H3,(H,25,26)/t13?,15-,22?/m1/s1. The lowest BCUT2D eigenvalue weighted by Gasteiger charge is -2.34. The topological polar surface area (TPSA) is 160 Å². The Morgan fingerprint density at radius 3 is 2.53 bits per heavy atom. The summed E-state index contributed by atoms with van der Waals surface area (Å²) in [6.07, 6.45) is 0.280. The van der Waals surface area contributed by atoms with Crippen LogP contribution in [0.1, 0.15) is 57.6 Å². The van der Waals surface area contributed by atoms with Crippen LogP contribution < -0.4 is 10.6 Å². The molecule has 4 heterocycles. The summed E-state index contributed by atoms with van der Waals surface area (Å²) < 4.78 is 74.5. The summed E-state index contributed by atoms with van der Waals surface area (Å²) in [6.45, 7) is 7.36. The largest absolute Gasteiger partial charge is 0.504 e. The van der Waals surface area contributed by atoms with Gasteiger partial charge in [0, 0.05) is 18.0 Å². The summed E-state index contributed by atoms with van der Waals surface area (Å²) in [5.74, 6) is 0.762. The van der Waals surface area contributed by atoms with E-state index in [1.54, 1.807) is 32.9 Å². The summed E-state index contributed by atoms with van der Waals surface area (Å²) in [4.78, 5) is -0.272. The molecule has 0 amide bonds. The summed E-state index contributed by atoms with van der Waals surface area (Å²) in [6, 6.07) is 3.10. The van der Waals surface area contributed by atoms with Crippen molar-refractivity contribution in [1.82, 2.24) is 9.62 Å². The maximum absolute atomic E-state index is 13.2. The molecular formula is C23H30N4O8S3. The molecule has 38 heavy (non-hydrogen) atoms. The highest BCUT2D eigenvalue weighted by molar-refractivity contribution is 7.94. The van der Waals surface area contributed by atoms with Crippen molar-refractivity contribution in [2.45, 2.75) is 75.8 Å². The van der Waals surface area contributed by atoms with Gasteiger partial charge < -0.3 is 29.6 Å². The van der Waals surface area contributed by atoms with Gasteiger partial charge in [-0.15, -0.1) is 15.7 Å². The zero-order chi connectivity index (χ0) is 27.4. The molecule has 0 spiro atoms. The third kappa shape index (κ3) is 4.86. The highest BCUT2D eigenvalue weighted by atomic mass is 32.2. The number of ether oxygens (including phenoxy) is 2. The van der Waals surface area contributed by atoms with E-state index in [1.165, 1.54) is 9.69 Å². The van der Waals surface area contributed by atoms with Crippen molar-refractivity contribution in [3.8, 4) is 5.75 Å². The van der Waals surface area contributed by atoms with E-state index in [2.05, 4.69) is 15.0 Å². The molecular weight excluding hydrogens is 556 g/mol. The predicted molar refractivity (Wildman–Crippen MR) is 141 cm³/mol. The molecule has 12 nitrogen and oxygen atoms in total. The van der Waals surface area contributed by atoms with Crippen molar-refractivity contribution < 1.29 is 35.8 Å². The van der Waals surface area contributed by atoms with Crippen LogP contribution in [0.5, 0.6) is 5.75 Å². The van der Waals surface area contributed by atoms with Gasteiger partial charge in [0.1, 0.15) is 22.1 Å². The average molecular weight is 587 g/mol. The zero-order valence-electron chi connectivity index (χ0n) is 21.3. The molecule has 2 aromatic heterocycles. The van der Waals surface area contributed by atoms with Crippen LogP contribution in [0.15, 0.2) is 41.1 Å². The maximum atomic E-state index is 13.2. The Morgan fingerprint density at radius 2 is 1.97 bits per heavy atom. The number of sulfonamides is 2. The number of aryl methyl sites for hydroxylation is 1. The molecule has 0 bridgehead atoms. The number of hydrogen-bond donors (Lipinski definition) is 3. The Bertz CT molecular complexity index is 1500. The molecule has 0 aromatic carbocycles. The van der Waals surface area contributed by atoms with Gasteiger partial charge in [-0.2, -0.15) is 12.7 Å². The molecule has 3 aliphatic rings. The van der Waals surface area contributed by atoms with Gasteiger partial charge in [0.05, 0.1) is 11.7 Å². The van der Waals surface area contributed by atoms with Crippen LogP contribution in [-0.2, 0) is 29.5 Å². The normalized spacial score (nSPS) is 23.9. The molecule has 1 aliphatic carbocycles. The van der Waals surface area contributed by atoms with Crippen molar-refractivity contribution in [2.75, 3.05) is 11.9 Å². The summed E-state index contributed by atoms with van der Waals surface area (Å²) in [7, 11) is -8.15. The van der Waals surface area contributed by atoms with Crippen molar-refractivity contribution >= 4 is 42.9 Å². The summed E-state index contributed by atoms with van der Waals surface area (Å²) >= 11 is 0.852. The second-order valence-corrected chi connectivity index (χ2v) is 13.8. The predicted octanol–water partition coefficient (Wildman–Crippen LogP) is 3.35. The Morgan fingerprint density at radius 1 is 1.26 bits per heavy atom. The first-order chi connectivity index (χ1) is 18.0. The second-order valence-electron chi connectivity index (χ2n) is 9.23. The number of rotatable bonds is 10. The van der Waals surface area contributed by atoms with Crippen molar-refractivity contribution in [3.63, 3.8) is 0 Å². The van der Waals surface area contributed by atoms with Crippen LogP contribution in [0.2, 0.25) is 0 Å². The molecule has 2 fully saturated rings. The van der Waals surface area contributed by atoms with Crippen LogP contribution in [0, 0.1) is 6.92 Å². The van der Waals surface area contributed by atoms with Gasteiger partial charge in [0.2, 0.25) is 6.29 Å². The van der Waals surface area contributed by atoms with Crippen molar-refractivity contribution in [1.29, 1.82) is 0 Å². The van der Waals surface area contributed by atoms with Crippen LogP contribution >= 0.6 is 11.3 Å². The van der Waals surface area contributed by atoms with E-state index in [9.17, 15) is 21.9 Å². The number of anilines is 1. The third-order valence-electron chi connectivity index (χ3n) is 6.44. The number of nitrogens with zero attached hydrogens (tertiary/aromatic N) is 2. The van der Waals surface area contributed by atoms with Gasteiger partial charge in [-0.1, -0.05) is 13.8 Å². The number of hydrogen-bond acceptors (Lipinski definition) is 11. The number of nitrogens with one attached hydrogen (secondary N) is 2. The van der Waals surface area contributed by atoms with E-state index in [0.29, 0.717) is 17.9 Å². The van der Waals surface area contributed by atoms with Gasteiger partial charge in [-0.25, -0.2) is 8.42 Å². The van der Waals surface area contributed by atoms with Gasteiger partial charge >= 0.3 is 0 Å². The molecule has 15 heteroatoms. The summed E-state index contributed by atoms with van der Waals surface area (Å²) in [5.41, 5.74) is 0.0176. The maximum Gasteiger partial charge on any atom is 0.287 e. The van der Waals surface area contributed by atoms with E-state index in [0.717, 1.165) is 24.2 Å². The third-order valence-corrected chi connectivity index (χ3v) is 11.3. The number of amidine groups is 1. The SMILES string of the molecule is CC[C@@H](NC1=NS(=O)(=O)C(C2OC(C)O2)=C1Nc1csc(S(=O)(=O)N(CC)C2CC2)c1O)c1ccc(C)o1. The minimum atomic E-state index is -4.22. The average Bonchev–Trinajstić information content (AvgIpc) is 3.36. The molecule has 0 radical (unpaired) electrons. The number of thiophene rings is 1. The summed E-state index contributed by atoms with van der Waals surface area (Å²) in [5, 5.41) is 18.4. The highest BCUT2D eigenvalue weighted by Crippen LogP contribution is 2.44. The molecule has 1 saturated heterocycles. The fraction of sp³-hybridized carbons (Fsp3) is 0.522. The fourth-order valence-electron chi connectivity index (χ4n) is 4.42. The van der Waals surface area contributed by atoms with E-state index < -0.39 is 44.4 Å². The Kier molecular flexibility index (Phi) is 7.11. The first-order valence-electron chi connectivity index (χ1n) is 12.3. The Hall–Kier alpha value is -2.43. The lowest BCUT2D eigenvalue weighted by molar-refractivity contribution is -0.356. The molecule has 1 saturated carbocycles. The first kappa shape index (κ1) is 27.1. The van der Waals surface area contributed by atoms with E-state index in [4.69, 9.17) is 13.9 Å². The van der Waals surface area contributed by atoms with E-state index in [-0.39, 0.29) is 38.9 Å². The van der Waals surface area contributed by atoms with Gasteiger partial charge in [0.15, 0.2) is 22.1 Å². The highest BCUT2D eigenvalue weighted by Gasteiger charge is 2.46. The van der Waals surface area contributed by atoms with Crippen LogP contribution in [-0.4, -0.2) is 57.2 Å². The van der Waals surface area contributed by atoms with Crippen LogP contribution in [0.4, 0.5) is 5.69 Å². The smallest absolute Gasteiger partial charge is 0.287 e. The molecule has 2 aromatic rings. The molecule has 3 N–H and O–H groups in total. The minimum absolute atomic E-state index is 0.00443. The number of furan rings is 1. The van der Waals surface area contributed by atoms with E-state index >= 15 is 0 Å². The second kappa shape index (κ2) is 9.95. The first-order valence-corrected chi connectivity index (χ1v) is 16.0. The Labute approximate surface area is 225 Å². The zero-order valence-corrected chi connectivity index (χ0v) is 23.7. The number of aromatic hydroxyl groups is 1. The molecule has 0 unspecified atom stereocenters. The van der Waals surface area contributed by atoms with Gasteiger partial charge in [-0.3, -0.25) is 0 Å². The lowest BCUT2D eigenvalue weighted by atomic mass is 10.1. The molecule has 5 rings (SSSR count). The van der Waals surface area contributed by atoms with E-state index in [1.807, 2.05) is 6.92 Å². The molecule has 208 valence electrons. The fourth-order valence-corrected chi connectivity index (χ4v) is 8.70. The minimum Gasteiger partial charge on any atom is -0.504 e. The molecule has 2 aliphatic heterocycles. The quantitative estimate of drug-likeness (QED) is 0.377. The van der Waals surface area contributed by atoms with Crippen molar-refractivity contribution in [2.24, 2.45) is 4.40 Å². The monoisotopic (exact) mass is 586 g/mol. The van der Waals surface area contributed by atoms with Gasteiger partial charge in [0.25, 0.3) is 20.0 Å². The van der Waals surface area contributed by atoms with Crippen LogP contribution in [0.3, 0.4) is 0 Å². The molecule has 1 atom stereocenters. The van der Waals surface area contributed by atoms with Gasteiger partial charge in [-0.05, 0) is 45.2 Å². The Balaban J connectivity index is 1.51.